The van der Waals surface area contributed by atoms with E-state index in [1.165, 1.54) is 0 Å². The Morgan fingerprint density at radius 2 is 1.38 bits per heavy atom. The van der Waals surface area contributed by atoms with Gasteiger partial charge in [0.05, 0.1) is 12.7 Å². The molecule has 2 N–H and O–H groups in total. The molecule has 0 spiro atoms. The predicted molar refractivity (Wildman–Crippen MR) is 163 cm³/mol. The third-order valence-electron chi connectivity index (χ3n) is 7.16. The Morgan fingerprint density at radius 3 is 2.02 bits per heavy atom. The molecule has 218 valence electrons. The molecule has 0 aliphatic rings. The third kappa shape index (κ3) is 9.21. The summed E-state index contributed by atoms with van der Waals surface area (Å²) in [4.78, 5) is 24.5. The van der Waals surface area contributed by atoms with E-state index in [0.29, 0.717) is 19.6 Å². The molecule has 0 amide bonds. The average Bonchev–Trinajstić information content (AvgIpc) is 3.01. The van der Waals surface area contributed by atoms with Crippen molar-refractivity contribution in [2.24, 2.45) is 0 Å². The van der Waals surface area contributed by atoms with Crippen molar-refractivity contribution in [1.29, 1.82) is 0 Å². The molecule has 0 unspecified atom stereocenters. The molecule has 0 aromatic heterocycles. The Balaban J connectivity index is 1.37. The number of hydrogen-bond donors (Lipinski definition) is 2. The highest BCUT2D eigenvalue weighted by molar-refractivity contribution is 5.87. The highest BCUT2D eigenvalue weighted by Gasteiger charge is 2.11. The zero-order valence-electron chi connectivity index (χ0n) is 23.9. The lowest BCUT2D eigenvalue weighted by Crippen LogP contribution is -2.27. The number of para-hydroxylation sites is 1. The number of hydrogen-bond acceptors (Lipinski definition) is 5. The lowest BCUT2D eigenvalue weighted by atomic mass is 10.0. The van der Waals surface area contributed by atoms with Crippen LogP contribution in [0.3, 0.4) is 0 Å². The summed E-state index contributed by atoms with van der Waals surface area (Å²) >= 11 is 0. The van der Waals surface area contributed by atoms with Gasteiger partial charge in [-0.1, -0.05) is 66.7 Å². The third-order valence-corrected chi connectivity index (χ3v) is 7.16. The molecule has 0 bridgehead atoms. The number of aromatic carboxylic acids is 1. The maximum Gasteiger partial charge on any atom is 0.335 e. The van der Waals surface area contributed by atoms with Gasteiger partial charge < -0.3 is 19.7 Å². The highest BCUT2D eigenvalue weighted by atomic mass is 16.5. The van der Waals surface area contributed by atoms with Gasteiger partial charge in [-0.2, -0.15) is 0 Å². The summed E-state index contributed by atoms with van der Waals surface area (Å²) in [5, 5.41) is 18.2. The van der Waals surface area contributed by atoms with Crippen molar-refractivity contribution < 1.29 is 29.3 Å². The molecule has 4 aromatic carbocycles. The molecule has 0 saturated heterocycles. The van der Waals surface area contributed by atoms with E-state index in [1.807, 2.05) is 54.6 Å². The van der Waals surface area contributed by atoms with E-state index in [9.17, 15) is 14.7 Å². The molecule has 0 saturated carbocycles. The molecule has 0 fully saturated rings. The quantitative estimate of drug-likeness (QED) is 0.142. The Kier molecular flexibility index (Phi) is 11.1. The second-order valence-electron chi connectivity index (χ2n) is 10.2. The van der Waals surface area contributed by atoms with E-state index < -0.39 is 11.9 Å². The van der Waals surface area contributed by atoms with Crippen molar-refractivity contribution in [1.82, 2.24) is 4.90 Å². The number of aliphatic carboxylic acids is 1. The number of ether oxygens (including phenoxy) is 2. The van der Waals surface area contributed by atoms with Gasteiger partial charge in [-0.05, 0) is 84.0 Å². The number of methoxy groups -OCH3 is 1. The van der Waals surface area contributed by atoms with E-state index in [2.05, 4.69) is 35.2 Å². The minimum Gasteiger partial charge on any atom is -0.497 e. The molecule has 0 aliphatic carbocycles. The van der Waals surface area contributed by atoms with E-state index >= 15 is 0 Å². The minimum atomic E-state index is -0.947. The van der Waals surface area contributed by atoms with Crippen LogP contribution in [0.1, 0.15) is 46.3 Å². The van der Waals surface area contributed by atoms with Crippen LogP contribution in [-0.2, 0) is 24.4 Å². The summed E-state index contributed by atoms with van der Waals surface area (Å²) in [5.41, 5.74) is 5.70. The van der Waals surface area contributed by atoms with Gasteiger partial charge in [-0.15, -0.1) is 0 Å². The number of benzene rings is 4. The van der Waals surface area contributed by atoms with Crippen molar-refractivity contribution in [2.45, 2.75) is 38.8 Å². The van der Waals surface area contributed by atoms with Gasteiger partial charge in [-0.3, -0.25) is 9.69 Å². The van der Waals surface area contributed by atoms with Crippen LogP contribution < -0.4 is 9.47 Å². The van der Waals surface area contributed by atoms with E-state index in [1.54, 1.807) is 19.2 Å². The first kappa shape index (κ1) is 30.3. The zero-order chi connectivity index (χ0) is 29.7. The van der Waals surface area contributed by atoms with Crippen molar-refractivity contribution in [3.8, 4) is 22.6 Å². The Labute approximate surface area is 247 Å². The van der Waals surface area contributed by atoms with Gasteiger partial charge >= 0.3 is 11.9 Å². The molecule has 42 heavy (non-hydrogen) atoms. The maximum absolute atomic E-state index is 11.2. The second kappa shape index (κ2) is 15.4. The largest absolute Gasteiger partial charge is 0.497 e. The monoisotopic (exact) mass is 567 g/mol. The van der Waals surface area contributed by atoms with Crippen molar-refractivity contribution in [2.75, 3.05) is 20.2 Å². The molecule has 4 rings (SSSR count). The van der Waals surface area contributed by atoms with Gasteiger partial charge in [-0.25, -0.2) is 4.79 Å². The summed E-state index contributed by atoms with van der Waals surface area (Å²) in [7, 11) is 1.66. The van der Waals surface area contributed by atoms with Crippen molar-refractivity contribution >= 4 is 11.9 Å². The molecule has 0 aliphatic heterocycles. The fraction of sp³-hybridized carbons (Fsp3) is 0.257. The maximum atomic E-state index is 11.2. The number of carbonyl (C=O) groups is 2. The van der Waals surface area contributed by atoms with Crippen LogP contribution in [0.15, 0.2) is 97.1 Å². The Bertz CT molecular complexity index is 1430. The van der Waals surface area contributed by atoms with Crippen molar-refractivity contribution in [3.63, 3.8) is 0 Å². The van der Waals surface area contributed by atoms with Crippen LogP contribution in [0.2, 0.25) is 0 Å². The SMILES string of the molecule is COc1ccc(-c2ccc(COc3ccccc3CCN(CCCCC(=O)O)Cc3ccc(C(=O)O)cc3)cc2)cc1. The number of unbranched alkanes of at least 4 members (excludes halogenated alkanes) is 1. The summed E-state index contributed by atoms with van der Waals surface area (Å²) in [5.74, 6) is -0.0596. The van der Waals surface area contributed by atoms with Crippen LogP contribution in [0.4, 0.5) is 0 Å². The van der Waals surface area contributed by atoms with Gasteiger partial charge in [0.1, 0.15) is 18.1 Å². The second-order valence-corrected chi connectivity index (χ2v) is 10.2. The van der Waals surface area contributed by atoms with Crippen LogP contribution in [0.25, 0.3) is 11.1 Å². The predicted octanol–water partition coefficient (Wildman–Crippen LogP) is 6.94. The Hall–Kier alpha value is -4.62. The van der Waals surface area contributed by atoms with Crippen LogP contribution in [-0.4, -0.2) is 47.3 Å². The fourth-order valence-electron chi connectivity index (χ4n) is 4.76. The summed E-state index contributed by atoms with van der Waals surface area (Å²) < 4.78 is 11.5. The molecule has 0 radical (unpaired) electrons. The highest BCUT2D eigenvalue weighted by Crippen LogP contribution is 2.24. The molecular formula is C35H37NO6. The molecule has 7 heteroatoms. The first-order valence-electron chi connectivity index (χ1n) is 14.1. The first-order chi connectivity index (χ1) is 20.4. The number of nitrogens with zero attached hydrogens (tertiary/aromatic N) is 1. The molecular weight excluding hydrogens is 530 g/mol. The lowest BCUT2D eigenvalue weighted by Gasteiger charge is -2.23. The Morgan fingerprint density at radius 1 is 0.738 bits per heavy atom. The van der Waals surface area contributed by atoms with Gasteiger partial charge in [0.2, 0.25) is 0 Å². The molecule has 0 atom stereocenters. The topological polar surface area (TPSA) is 96.3 Å². The fourth-order valence-corrected chi connectivity index (χ4v) is 4.76. The average molecular weight is 568 g/mol. The molecule has 0 heterocycles. The van der Waals surface area contributed by atoms with Gasteiger partial charge in [0, 0.05) is 19.5 Å². The first-order valence-corrected chi connectivity index (χ1v) is 14.1. The van der Waals surface area contributed by atoms with Crippen LogP contribution in [0, 0.1) is 0 Å². The van der Waals surface area contributed by atoms with Crippen molar-refractivity contribution in [3.05, 3.63) is 119 Å². The summed E-state index contributed by atoms with van der Waals surface area (Å²) in [6.45, 7) is 2.60. The van der Waals surface area contributed by atoms with Crippen LogP contribution in [0.5, 0.6) is 11.5 Å². The number of rotatable bonds is 16. The molecule has 4 aromatic rings. The minimum absolute atomic E-state index is 0.152. The number of carboxylic acids is 2. The summed E-state index contributed by atoms with van der Waals surface area (Å²) in [6.07, 6.45) is 2.29. The summed E-state index contributed by atoms with van der Waals surface area (Å²) in [6, 6.07) is 31.3. The smallest absolute Gasteiger partial charge is 0.335 e. The normalized spacial score (nSPS) is 10.9. The molecule has 7 nitrogen and oxygen atoms in total. The van der Waals surface area contributed by atoms with Crippen LogP contribution >= 0.6 is 0 Å². The van der Waals surface area contributed by atoms with E-state index in [0.717, 1.165) is 65.2 Å². The standard InChI is InChI=1S/C35H37NO6/c1-41-32-19-17-29(18-20-32)28-13-11-27(12-14-28)25-42-33-7-3-2-6-30(33)21-23-36(22-5-4-8-34(37)38)24-26-9-15-31(16-10-26)35(39)40/h2-3,6-7,9-20H,4-5,8,21-25H2,1H3,(H,37,38)(H,39,40). The lowest BCUT2D eigenvalue weighted by molar-refractivity contribution is -0.137. The zero-order valence-corrected chi connectivity index (χ0v) is 23.9. The van der Waals surface area contributed by atoms with Gasteiger partial charge in [0.25, 0.3) is 0 Å². The number of carboxylic acid groups (broad SMARTS) is 2. The van der Waals surface area contributed by atoms with Gasteiger partial charge in [0.15, 0.2) is 0 Å². The van der Waals surface area contributed by atoms with E-state index in [-0.39, 0.29) is 12.0 Å². The van der Waals surface area contributed by atoms with E-state index in [4.69, 9.17) is 14.6 Å².